The van der Waals surface area contributed by atoms with E-state index in [-0.39, 0.29) is 5.91 Å². The van der Waals surface area contributed by atoms with Crippen molar-refractivity contribution < 1.29 is 4.79 Å². The quantitative estimate of drug-likeness (QED) is 0.912. The first kappa shape index (κ1) is 17.9. The van der Waals surface area contributed by atoms with Crippen molar-refractivity contribution in [1.82, 2.24) is 9.88 Å². The minimum absolute atomic E-state index is 0.0588. The van der Waals surface area contributed by atoms with E-state index in [4.69, 9.17) is 0 Å². The van der Waals surface area contributed by atoms with E-state index < -0.39 is 0 Å². The Morgan fingerprint density at radius 3 is 2.56 bits per heavy atom. The summed E-state index contributed by atoms with van der Waals surface area (Å²) in [4.78, 5) is 21.5. The molecule has 1 amide bonds. The Morgan fingerprint density at radius 1 is 1.12 bits per heavy atom. The van der Waals surface area contributed by atoms with Crippen LogP contribution in [0.5, 0.6) is 0 Å². The van der Waals surface area contributed by atoms with E-state index in [2.05, 4.69) is 31.5 Å². The standard InChI is InChI=1S/C19H26N4OS/c1-14-9-15(2)11-17(10-14)21-18(24)12-22-5-4-6-23(8-7-22)19-20-16(3)13-25-19/h9-11,13H,4-8,12H2,1-3H3,(H,21,24). The largest absolute Gasteiger partial charge is 0.347 e. The SMILES string of the molecule is Cc1cc(C)cc(NC(=O)CN2CCCN(c3nc(C)cs3)CC2)c1. The number of aryl methyl sites for hydroxylation is 3. The fraction of sp³-hybridized carbons (Fsp3) is 0.474. The number of thiazole rings is 1. The van der Waals surface area contributed by atoms with Crippen molar-refractivity contribution in [3.8, 4) is 0 Å². The smallest absolute Gasteiger partial charge is 0.238 e. The number of nitrogens with one attached hydrogen (secondary N) is 1. The van der Waals surface area contributed by atoms with Crippen LogP contribution in [0.1, 0.15) is 23.2 Å². The summed E-state index contributed by atoms with van der Waals surface area (Å²) < 4.78 is 0. The topological polar surface area (TPSA) is 48.5 Å². The molecule has 2 heterocycles. The van der Waals surface area contributed by atoms with Gasteiger partial charge < -0.3 is 10.2 Å². The van der Waals surface area contributed by atoms with Crippen molar-refractivity contribution in [2.24, 2.45) is 0 Å². The Morgan fingerprint density at radius 2 is 1.88 bits per heavy atom. The minimum atomic E-state index is 0.0588. The molecule has 1 aliphatic heterocycles. The average molecular weight is 359 g/mol. The number of carbonyl (C=O) groups is 1. The van der Waals surface area contributed by atoms with Crippen LogP contribution in [0.3, 0.4) is 0 Å². The highest BCUT2D eigenvalue weighted by molar-refractivity contribution is 7.13. The summed E-state index contributed by atoms with van der Waals surface area (Å²) >= 11 is 1.70. The van der Waals surface area contributed by atoms with Gasteiger partial charge >= 0.3 is 0 Å². The molecule has 5 nitrogen and oxygen atoms in total. The maximum atomic E-state index is 12.4. The summed E-state index contributed by atoms with van der Waals surface area (Å²) in [6, 6.07) is 6.14. The summed E-state index contributed by atoms with van der Waals surface area (Å²) in [5, 5.41) is 6.22. The van der Waals surface area contributed by atoms with Gasteiger partial charge in [-0.3, -0.25) is 9.69 Å². The van der Waals surface area contributed by atoms with E-state index in [0.29, 0.717) is 6.54 Å². The molecule has 1 N–H and O–H groups in total. The predicted molar refractivity (Wildman–Crippen MR) is 105 cm³/mol. The zero-order chi connectivity index (χ0) is 17.8. The Labute approximate surface area is 153 Å². The molecule has 0 atom stereocenters. The maximum absolute atomic E-state index is 12.4. The van der Waals surface area contributed by atoms with E-state index in [1.807, 2.05) is 32.9 Å². The first-order chi connectivity index (χ1) is 12.0. The van der Waals surface area contributed by atoms with Crippen LogP contribution in [0.4, 0.5) is 10.8 Å². The van der Waals surface area contributed by atoms with Crippen LogP contribution in [0.2, 0.25) is 0 Å². The molecule has 0 radical (unpaired) electrons. The summed E-state index contributed by atoms with van der Waals surface area (Å²) in [7, 11) is 0. The number of hydrogen-bond donors (Lipinski definition) is 1. The molecular weight excluding hydrogens is 332 g/mol. The van der Waals surface area contributed by atoms with Crippen molar-refractivity contribution in [3.63, 3.8) is 0 Å². The normalized spacial score (nSPS) is 15.9. The van der Waals surface area contributed by atoms with Gasteiger partial charge in [0.15, 0.2) is 5.13 Å². The summed E-state index contributed by atoms with van der Waals surface area (Å²) in [6.07, 6.45) is 1.05. The fourth-order valence-corrected chi connectivity index (χ4v) is 4.11. The van der Waals surface area contributed by atoms with E-state index in [0.717, 1.165) is 49.1 Å². The summed E-state index contributed by atoms with van der Waals surface area (Å²) in [5.41, 5.74) is 4.30. The van der Waals surface area contributed by atoms with Gasteiger partial charge in [0.1, 0.15) is 0 Å². The lowest BCUT2D eigenvalue weighted by Crippen LogP contribution is -2.36. The number of aromatic nitrogens is 1. The van der Waals surface area contributed by atoms with Gasteiger partial charge in [0.25, 0.3) is 0 Å². The third kappa shape index (κ3) is 5.03. The van der Waals surface area contributed by atoms with Crippen LogP contribution >= 0.6 is 11.3 Å². The molecule has 6 heteroatoms. The van der Waals surface area contributed by atoms with Crippen molar-refractivity contribution in [2.75, 3.05) is 42.9 Å². The highest BCUT2D eigenvalue weighted by Crippen LogP contribution is 2.21. The van der Waals surface area contributed by atoms with Gasteiger partial charge in [-0.25, -0.2) is 4.98 Å². The zero-order valence-corrected chi connectivity index (χ0v) is 16.0. The van der Waals surface area contributed by atoms with Gasteiger partial charge in [-0.1, -0.05) is 6.07 Å². The van der Waals surface area contributed by atoms with Gasteiger partial charge in [0.2, 0.25) is 5.91 Å². The number of carbonyl (C=O) groups excluding carboxylic acids is 1. The van der Waals surface area contributed by atoms with E-state index in [1.165, 1.54) is 11.1 Å². The highest BCUT2D eigenvalue weighted by atomic mass is 32.1. The molecule has 0 saturated carbocycles. The number of hydrogen-bond acceptors (Lipinski definition) is 5. The van der Waals surface area contributed by atoms with E-state index in [9.17, 15) is 4.79 Å². The lowest BCUT2D eigenvalue weighted by molar-refractivity contribution is -0.117. The van der Waals surface area contributed by atoms with Gasteiger partial charge in [0.05, 0.1) is 12.2 Å². The van der Waals surface area contributed by atoms with Gasteiger partial charge in [-0.2, -0.15) is 0 Å². The molecule has 1 saturated heterocycles. The molecule has 0 bridgehead atoms. The van der Waals surface area contributed by atoms with E-state index >= 15 is 0 Å². The van der Waals surface area contributed by atoms with Gasteiger partial charge in [-0.15, -0.1) is 11.3 Å². The van der Waals surface area contributed by atoms with Crippen LogP contribution in [-0.2, 0) is 4.79 Å². The van der Waals surface area contributed by atoms with Crippen LogP contribution in [0.25, 0.3) is 0 Å². The monoisotopic (exact) mass is 358 g/mol. The number of amides is 1. The molecule has 0 spiro atoms. The minimum Gasteiger partial charge on any atom is -0.347 e. The lowest BCUT2D eigenvalue weighted by atomic mass is 10.1. The fourth-order valence-electron chi connectivity index (χ4n) is 3.26. The molecular formula is C19H26N4OS. The molecule has 0 unspecified atom stereocenters. The first-order valence-electron chi connectivity index (χ1n) is 8.77. The van der Waals surface area contributed by atoms with Crippen molar-refractivity contribution in [2.45, 2.75) is 27.2 Å². The van der Waals surface area contributed by atoms with E-state index in [1.54, 1.807) is 11.3 Å². The van der Waals surface area contributed by atoms with Crippen molar-refractivity contribution >= 4 is 28.1 Å². The predicted octanol–water partition coefficient (Wildman–Crippen LogP) is 3.22. The van der Waals surface area contributed by atoms with Crippen molar-refractivity contribution in [1.29, 1.82) is 0 Å². The summed E-state index contributed by atoms with van der Waals surface area (Å²) in [5.74, 6) is 0.0588. The Kier molecular flexibility index (Phi) is 5.71. The number of rotatable bonds is 4. The molecule has 0 aliphatic carbocycles. The molecule has 1 aromatic carbocycles. The number of anilines is 2. The first-order valence-corrected chi connectivity index (χ1v) is 9.65. The van der Waals surface area contributed by atoms with Crippen LogP contribution in [-0.4, -0.2) is 48.5 Å². The molecule has 1 aromatic heterocycles. The Hall–Kier alpha value is -1.92. The molecule has 1 aliphatic rings. The zero-order valence-electron chi connectivity index (χ0n) is 15.2. The molecule has 25 heavy (non-hydrogen) atoms. The third-order valence-electron chi connectivity index (χ3n) is 4.34. The maximum Gasteiger partial charge on any atom is 0.238 e. The lowest BCUT2D eigenvalue weighted by Gasteiger charge is -2.21. The molecule has 134 valence electrons. The second kappa shape index (κ2) is 7.97. The van der Waals surface area contributed by atoms with Gasteiger partial charge in [-0.05, 0) is 50.5 Å². The Bertz CT molecular complexity index is 723. The molecule has 2 aromatic rings. The number of nitrogens with zero attached hydrogens (tertiary/aromatic N) is 3. The second-order valence-corrected chi connectivity index (χ2v) is 7.65. The van der Waals surface area contributed by atoms with Crippen molar-refractivity contribution in [3.05, 3.63) is 40.4 Å². The average Bonchev–Trinajstić information content (AvgIpc) is 2.82. The Balaban J connectivity index is 1.53. The molecule has 1 fully saturated rings. The summed E-state index contributed by atoms with van der Waals surface area (Å²) in [6.45, 7) is 10.3. The molecule has 3 rings (SSSR count). The van der Waals surface area contributed by atoms with Gasteiger partial charge in [0, 0.05) is 37.2 Å². The van der Waals surface area contributed by atoms with Crippen LogP contribution in [0.15, 0.2) is 23.6 Å². The highest BCUT2D eigenvalue weighted by Gasteiger charge is 2.19. The number of benzene rings is 1. The third-order valence-corrected chi connectivity index (χ3v) is 5.36. The second-order valence-electron chi connectivity index (χ2n) is 6.81. The van der Waals surface area contributed by atoms with Crippen LogP contribution in [0, 0.1) is 20.8 Å². The van der Waals surface area contributed by atoms with Crippen LogP contribution < -0.4 is 10.2 Å².